The Hall–Kier alpha value is -2.34. The summed E-state index contributed by atoms with van der Waals surface area (Å²) in [7, 11) is 0. The zero-order valence-electron chi connectivity index (χ0n) is 16.4. The Morgan fingerprint density at radius 2 is 1.89 bits per heavy atom. The molecule has 1 amide bonds. The third-order valence-electron chi connectivity index (χ3n) is 4.41. The van der Waals surface area contributed by atoms with Crippen molar-refractivity contribution in [1.82, 2.24) is 5.32 Å². The Balaban J connectivity index is 1.93. The van der Waals surface area contributed by atoms with Crippen molar-refractivity contribution in [2.24, 2.45) is 0 Å². The zero-order chi connectivity index (χ0) is 20.3. The average molecular weight is 445 g/mol. The van der Waals surface area contributed by atoms with Crippen molar-refractivity contribution in [2.75, 3.05) is 16.8 Å². The summed E-state index contributed by atoms with van der Waals surface area (Å²) in [6, 6.07) is 15.4. The summed E-state index contributed by atoms with van der Waals surface area (Å²) in [5.41, 5.74) is 2.20. The number of carbonyl (C=O) groups is 2. The van der Waals surface area contributed by atoms with E-state index in [1.54, 1.807) is 12.1 Å². The van der Waals surface area contributed by atoms with E-state index in [0.29, 0.717) is 24.4 Å². The van der Waals surface area contributed by atoms with Crippen molar-refractivity contribution >= 4 is 33.3 Å². The maximum atomic E-state index is 12.6. The number of Topliss-reactive ketones (excluding diaryl/α,β-unsaturated/α-hetero) is 1. The number of ether oxygens (including phenoxy) is 1. The van der Waals surface area contributed by atoms with Gasteiger partial charge in [0.05, 0.1) is 17.6 Å². The van der Waals surface area contributed by atoms with E-state index in [2.05, 4.69) is 26.1 Å². The first-order chi connectivity index (χ1) is 13.3. The van der Waals surface area contributed by atoms with Gasteiger partial charge in [-0.2, -0.15) is 0 Å². The summed E-state index contributed by atoms with van der Waals surface area (Å²) >= 11 is 3.23. The van der Waals surface area contributed by atoms with Crippen LogP contribution in [0.3, 0.4) is 0 Å². The fraction of sp³-hybridized carbons (Fsp3) is 0.364. The average Bonchev–Trinajstić information content (AvgIpc) is 2.66. The van der Waals surface area contributed by atoms with Crippen molar-refractivity contribution in [3.05, 3.63) is 59.7 Å². The summed E-state index contributed by atoms with van der Waals surface area (Å²) < 4.78 is 5.94. The van der Waals surface area contributed by atoms with Crippen LogP contribution >= 0.6 is 15.9 Å². The highest BCUT2D eigenvalue weighted by Gasteiger charge is 2.31. The first-order valence-corrected chi connectivity index (χ1v) is 10.4. The third-order valence-corrected chi connectivity index (χ3v) is 4.97. The Morgan fingerprint density at radius 1 is 1.18 bits per heavy atom. The molecule has 0 aliphatic carbocycles. The number of ketones is 1. The van der Waals surface area contributed by atoms with Crippen LogP contribution in [0.25, 0.3) is 0 Å². The fourth-order valence-electron chi connectivity index (χ4n) is 3.11. The molecule has 2 aromatic rings. The van der Waals surface area contributed by atoms with Crippen LogP contribution in [0, 0.1) is 0 Å². The highest BCUT2D eigenvalue weighted by Crippen LogP contribution is 2.35. The number of benzene rings is 2. The molecule has 3 rings (SSSR count). The molecule has 2 aromatic carbocycles. The predicted octanol–water partition coefficient (Wildman–Crippen LogP) is 3.95. The lowest BCUT2D eigenvalue weighted by Gasteiger charge is -2.36. The molecule has 28 heavy (non-hydrogen) atoms. The molecule has 0 saturated carbocycles. The summed E-state index contributed by atoms with van der Waals surface area (Å²) in [5.74, 6) is 0.487. The van der Waals surface area contributed by atoms with Crippen molar-refractivity contribution in [1.29, 1.82) is 0 Å². The van der Waals surface area contributed by atoms with Gasteiger partial charge in [0.15, 0.2) is 11.9 Å². The Kier molecular flexibility index (Phi) is 6.08. The number of hydrogen-bond acceptors (Lipinski definition) is 4. The van der Waals surface area contributed by atoms with Gasteiger partial charge in [0.1, 0.15) is 5.75 Å². The summed E-state index contributed by atoms with van der Waals surface area (Å²) in [4.78, 5) is 26.9. The van der Waals surface area contributed by atoms with Crippen LogP contribution < -0.4 is 15.0 Å². The molecule has 1 aliphatic heterocycles. The Labute approximate surface area is 174 Å². The molecule has 1 heterocycles. The molecular formula is C22H25BrN2O3. The minimum Gasteiger partial charge on any atom is -0.479 e. The molecule has 6 heteroatoms. The SMILES string of the molecule is CC(C)(C)NC(=O)c1ccc2c(c1)N(Cc1ccccc1)CC(C(=O)CBr)O2. The molecule has 1 unspecified atom stereocenters. The number of carbonyl (C=O) groups excluding carboxylic acids is 2. The standard InChI is InChI=1S/C22H25BrN2O3/c1-22(2,3)24-21(27)16-9-10-19-17(11-16)25(13-15-7-5-4-6-8-15)14-20(28-19)18(26)12-23/h4-11,20H,12-14H2,1-3H3,(H,24,27). The molecule has 0 spiro atoms. The van der Waals surface area contributed by atoms with Gasteiger partial charge in [0.25, 0.3) is 5.91 Å². The lowest BCUT2D eigenvalue weighted by Crippen LogP contribution is -2.45. The van der Waals surface area contributed by atoms with E-state index in [0.717, 1.165) is 11.3 Å². The van der Waals surface area contributed by atoms with Gasteiger partial charge >= 0.3 is 0 Å². The van der Waals surface area contributed by atoms with Crippen LogP contribution in [0.5, 0.6) is 5.75 Å². The lowest BCUT2D eigenvalue weighted by atomic mass is 10.0. The highest BCUT2D eigenvalue weighted by atomic mass is 79.9. The van der Waals surface area contributed by atoms with Gasteiger partial charge in [-0.05, 0) is 44.5 Å². The van der Waals surface area contributed by atoms with Gasteiger partial charge in [-0.25, -0.2) is 0 Å². The monoisotopic (exact) mass is 444 g/mol. The van der Waals surface area contributed by atoms with E-state index in [-0.39, 0.29) is 22.6 Å². The number of hydrogen-bond donors (Lipinski definition) is 1. The molecule has 0 aromatic heterocycles. The smallest absolute Gasteiger partial charge is 0.251 e. The maximum absolute atomic E-state index is 12.6. The fourth-order valence-corrected chi connectivity index (χ4v) is 3.48. The molecule has 1 atom stereocenters. The van der Waals surface area contributed by atoms with Crippen molar-refractivity contribution in [3.8, 4) is 5.75 Å². The second kappa shape index (κ2) is 8.35. The molecular weight excluding hydrogens is 420 g/mol. The molecule has 0 radical (unpaired) electrons. The van der Waals surface area contributed by atoms with Crippen LogP contribution in [0.2, 0.25) is 0 Å². The summed E-state index contributed by atoms with van der Waals surface area (Å²) in [5, 5.41) is 3.23. The van der Waals surface area contributed by atoms with Gasteiger partial charge in [-0.3, -0.25) is 9.59 Å². The zero-order valence-corrected chi connectivity index (χ0v) is 18.0. The van der Waals surface area contributed by atoms with E-state index in [4.69, 9.17) is 4.74 Å². The van der Waals surface area contributed by atoms with Crippen LogP contribution in [0.1, 0.15) is 36.7 Å². The normalized spacial score (nSPS) is 16.1. The molecule has 1 N–H and O–H groups in total. The van der Waals surface area contributed by atoms with Gasteiger partial charge < -0.3 is 15.0 Å². The molecule has 0 saturated heterocycles. The third kappa shape index (κ3) is 4.93. The summed E-state index contributed by atoms with van der Waals surface area (Å²) in [6.07, 6.45) is -0.537. The number of rotatable bonds is 5. The van der Waals surface area contributed by atoms with Crippen molar-refractivity contribution in [3.63, 3.8) is 0 Å². The second-order valence-electron chi connectivity index (χ2n) is 7.96. The molecule has 0 bridgehead atoms. The van der Waals surface area contributed by atoms with Crippen LogP contribution in [-0.2, 0) is 11.3 Å². The van der Waals surface area contributed by atoms with Crippen molar-refractivity contribution < 1.29 is 14.3 Å². The van der Waals surface area contributed by atoms with Crippen molar-refractivity contribution in [2.45, 2.75) is 39.0 Å². The Morgan fingerprint density at radius 3 is 2.54 bits per heavy atom. The topological polar surface area (TPSA) is 58.6 Å². The first-order valence-electron chi connectivity index (χ1n) is 9.27. The molecule has 148 valence electrons. The number of alkyl halides is 1. The van der Waals surface area contributed by atoms with E-state index in [1.807, 2.05) is 57.2 Å². The quantitative estimate of drug-likeness (QED) is 0.709. The molecule has 0 fully saturated rings. The van der Waals surface area contributed by atoms with Gasteiger partial charge in [0, 0.05) is 17.6 Å². The summed E-state index contributed by atoms with van der Waals surface area (Å²) in [6.45, 7) is 6.92. The number of fused-ring (bicyclic) bond motifs is 1. The van der Waals surface area contributed by atoms with Crippen LogP contribution in [-0.4, -0.2) is 35.2 Å². The van der Waals surface area contributed by atoms with Crippen LogP contribution in [0.15, 0.2) is 48.5 Å². The van der Waals surface area contributed by atoms with Gasteiger partial charge in [-0.1, -0.05) is 46.3 Å². The minimum atomic E-state index is -0.537. The number of amides is 1. The number of anilines is 1. The van der Waals surface area contributed by atoms with E-state index in [9.17, 15) is 9.59 Å². The lowest BCUT2D eigenvalue weighted by molar-refractivity contribution is -0.123. The highest BCUT2D eigenvalue weighted by molar-refractivity contribution is 9.09. The number of nitrogens with zero attached hydrogens (tertiary/aromatic N) is 1. The maximum Gasteiger partial charge on any atom is 0.251 e. The molecule has 1 aliphatic rings. The van der Waals surface area contributed by atoms with E-state index in [1.165, 1.54) is 0 Å². The number of nitrogens with one attached hydrogen (secondary N) is 1. The van der Waals surface area contributed by atoms with Gasteiger partial charge in [0.2, 0.25) is 0 Å². The first kappa shape index (κ1) is 20.4. The van der Waals surface area contributed by atoms with E-state index >= 15 is 0 Å². The van der Waals surface area contributed by atoms with Crippen LogP contribution in [0.4, 0.5) is 5.69 Å². The molecule has 5 nitrogen and oxygen atoms in total. The van der Waals surface area contributed by atoms with Gasteiger partial charge in [-0.15, -0.1) is 0 Å². The number of halogens is 1. The Bertz CT molecular complexity index is 862. The van der Waals surface area contributed by atoms with E-state index < -0.39 is 6.10 Å². The second-order valence-corrected chi connectivity index (χ2v) is 8.52. The predicted molar refractivity (Wildman–Crippen MR) is 114 cm³/mol. The minimum absolute atomic E-state index is 0.00161. The largest absolute Gasteiger partial charge is 0.479 e.